The van der Waals surface area contributed by atoms with E-state index in [-0.39, 0.29) is 5.97 Å². The molecule has 3 heteroatoms. The summed E-state index contributed by atoms with van der Waals surface area (Å²) in [5.41, 5.74) is 1.33. The van der Waals surface area contributed by atoms with Crippen molar-refractivity contribution in [2.45, 2.75) is 51.9 Å². The van der Waals surface area contributed by atoms with Crippen molar-refractivity contribution in [2.75, 3.05) is 13.7 Å². The van der Waals surface area contributed by atoms with Crippen molar-refractivity contribution < 1.29 is 14.3 Å². The molecule has 0 N–H and O–H groups in total. The Morgan fingerprint density at radius 1 is 1.20 bits per heavy atom. The lowest BCUT2D eigenvalue weighted by Gasteiger charge is -2.15. The molecule has 20 heavy (non-hydrogen) atoms. The summed E-state index contributed by atoms with van der Waals surface area (Å²) in [6, 6.07) is 8.24. The summed E-state index contributed by atoms with van der Waals surface area (Å²) in [6.45, 7) is 4.71. The number of carbonyl (C=O) groups excluding carboxylic acids is 1. The first kappa shape index (κ1) is 16.5. The van der Waals surface area contributed by atoms with Crippen molar-refractivity contribution in [3.05, 3.63) is 29.8 Å². The number of ether oxygens (including phenoxy) is 2. The summed E-state index contributed by atoms with van der Waals surface area (Å²) in [5, 5.41) is 0. The van der Waals surface area contributed by atoms with Gasteiger partial charge < -0.3 is 9.47 Å². The Balaban J connectivity index is 2.37. The average Bonchev–Trinajstić information content (AvgIpc) is 2.48. The average molecular weight is 278 g/mol. The van der Waals surface area contributed by atoms with Crippen LogP contribution in [-0.2, 0) is 9.53 Å². The molecule has 0 fully saturated rings. The molecule has 0 saturated heterocycles. The van der Waals surface area contributed by atoms with Crippen LogP contribution in [0.4, 0.5) is 0 Å². The second kappa shape index (κ2) is 9.40. The van der Waals surface area contributed by atoms with Gasteiger partial charge in [0.25, 0.3) is 0 Å². The van der Waals surface area contributed by atoms with Crippen LogP contribution in [0, 0.1) is 0 Å². The molecule has 0 heterocycles. The van der Waals surface area contributed by atoms with E-state index in [1.807, 2.05) is 19.1 Å². The Bertz CT molecular complexity index is 384. The Morgan fingerprint density at radius 3 is 2.45 bits per heavy atom. The van der Waals surface area contributed by atoms with Crippen LogP contribution in [0.5, 0.6) is 5.75 Å². The molecule has 1 atom stereocenters. The second-order valence-electron chi connectivity index (χ2n) is 4.99. The van der Waals surface area contributed by atoms with Crippen LogP contribution in [0.15, 0.2) is 24.3 Å². The number of esters is 1. The number of benzene rings is 1. The third-order valence-electron chi connectivity index (χ3n) is 3.49. The van der Waals surface area contributed by atoms with Gasteiger partial charge in [-0.2, -0.15) is 0 Å². The molecule has 0 aromatic heterocycles. The molecular weight excluding hydrogens is 252 g/mol. The van der Waals surface area contributed by atoms with Gasteiger partial charge in [-0.1, -0.05) is 26.0 Å². The highest BCUT2D eigenvalue weighted by Crippen LogP contribution is 2.26. The van der Waals surface area contributed by atoms with Gasteiger partial charge in [-0.25, -0.2) is 0 Å². The summed E-state index contributed by atoms with van der Waals surface area (Å²) in [6.07, 6.45) is 4.43. The molecule has 0 saturated carbocycles. The van der Waals surface area contributed by atoms with Gasteiger partial charge in [0.2, 0.25) is 0 Å². The molecule has 112 valence electrons. The minimum atomic E-state index is -0.0787. The molecular formula is C17H26O3. The monoisotopic (exact) mass is 278 g/mol. The van der Waals surface area contributed by atoms with Crippen LogP contribution < -0.4 is 4.74 Å². The first-order valence-electron chi connectivity index (χ1n) is 7.50. The fraction of sp³-hybridized carbons (Fsp3) is 0.588. The minimum Gasteiger partial charge on any atom is -0.497 e. The van der Waals surface area contributed by atoms with Crippen molar-refractivity contribution in [3.63, 3.8) is 0 Å². The third kappa shape index (κ3) is 5.64. The van der Waals surface area contributed by atoms with E-state index in [2.05, 4.69) is 19.1 Å². The molecule has 0 bridgehead atoms. The van der Waals surface area contributed by atoms with E-state index in [0.717, 1.165) is 31.4 Å². The molecule has 1 aromatic carbocycles. The Labute approximate surface area is 122 Å². The summed E-state index contributed by atoms with van der Waals surface area (Å²) in [4.78, 5) is 11.3. The maximum absolute atomic E-state index is 11.3. The highest BCUT2D eigenvalue weighted by Gasteiger charge is 2.10. The van der Waals surface area contributed by atoms with Crippen molar-refractivity contribution in [2.24, 2.45) is 0 Å². The standard InChI is InChI=1S/C17H26O3/c1-4-7-17(18)20-13-6-8-14(5-2)15-9-11-16(19-3)12-10-15/h9-12,14H,4-8,13H2,1-3H3. The van der Waals surface area contributed by atoms with E-state index in [1.54, 1.807) is 7.11 Å². The summed E-state index contributed by atoms with van der Waals surface area (Å²) in [5.74, 6) is 1.33. The number of hydrogen-bond acceptors (Lipinski definition) is 3. The number of methoxy groups -OCH3 is 1. The first-order chi connectivity index (χ1) is 9.71. The van der Waals surface area contributed by atoms with Crippen molar-refractivity contribution in [1.82, 2.24) is 0 Å². The van der Waals surface area contributed by atoms with Crippen LogP contribution in [0.2, 0.25) is 0 Å². The van der Waals surface area contributed by atoms with E-state index in [9.17, 15) is 4.79 Å². The molecule has 0 spiro atoms. The zero-order valence-corrected chi connectivity index (χ0v) is 12.9. The summed E-state index contributed by atoms with van der Waals surface area (Å²) < 4.78 is 10.4. The molecule has 1 aromatic rings. The maximum atomic E-state index is 11.3. The zero-order valence-electron chi connectivity index (χ0n) is 12.9. The Hall–Kier alpha value is -1.51. The molecule has 1 unspecified atom stereocenters. The number of hydrogen-bond donors (Lipinski definition) is 0. The highest BCUT2D eigenvalue weighted by atomic mass is 16.5. The second-order valence-corrected chi connectivity index (χ2v) is 4.99. The lowest BCUT2D eigenvalue weighted by molar-refractivity contribution is -0.143. The van der Waals surface area contributed by atoms with E-state index in [0.29, 0.717) is 18.9 Å². The van der Waals surface area contributed by atoms with Crippen LogP contribution >= 0.6 is 0 Å². The van der Waals surface area contributed by atoms with Crippen molar-refractivity contribution in [3.8, 4) is 5.75 Å². The molecule has 0 amide bonds. The quantitative estimate of drug-likeness (QED) is 0.498. The predicted octanol–water partition coefficient (Wildman–Crippen LogP) is 4.31. The van der Waals surface area contributed by atoms with Gasteiger partial charge >= 0.3 is 5.97 Å². The van der Waals surface area contributed by atoms with Crippen LogP contribution in [-0.4, -0.2) is 19.7 Å². The van der Waals surface area contributed by atoms with E-state index >= 15 is 0 Å². The van der Waals surface area contributed by atoms with Crippen LogP contribution in [0.3, 0.4) is 0 Å². The molecule has 1 rings (SSSR count). The molecule has 0 aliphatic rings. The highest BCUT2D eigenvalue weighted by molar-refractivity contribution is 5.69. The molecule has 0 aliphatic heterocycles. The molecule has 0 aliphatic carbocycles. The van der Waals surface area contributed by atoms with Gasteiger partial charge in [0.1, 0.15) is 5.75 Å². The SMILES string of the molecule is CCCC(=O)OCCCC(CC)c1ccc(OC)cc1. The van der Waals surface area contributed by atoms with E-state index in [1.165, 1.54) is 5.56 Å². The topological polar surface area (TPSA) is 35.5 Å². The predicted molar refractivity (Wildman–Crippen MR) is 81.1 cm³/mol. The smallest absolute Gasteiger partial charge is 0.305 e. The summed E-state index contributed by atoms with van der Waals surface area (Å²) in [7, 11) is 1.68. The van der Waals surface area contributed by atoms with E-state index in [4.69, 9.17) is 9.47 Å². The summed E-state index contributed by atoms with van der Waals surface area (Å²) >= 11 is 0. The Morgan fingerprint density at radius 2 is 1.90 bits per heavy atom. The normalized spacial score (nSPS) is 11.9. The van der Waals surface area contributed by atoms with Crippen molar-refractivity contribution >= 4 is 5.97 Å². The van der Waals surface area contributed by atoms with Gasteiger partial charge in [-0.3, -0.25) is 4.79 Å². The fourth-order valence-corrected chi connectivity index (χ4v) is 2.27. The third-order valence-corrected chi connectivity index (χ3v) is 3.49. The van der Waals surface area contributed by atoms with Crippen LogP contribution in [0.25, 0.3) is 0 Å². The first-order valence-corrected chi connectivity index (χ1v) is 7.50. The maximum Gasteiger partial charge on any atom is 0.305 e. The largest absolute Gasteiger partial charge is 0.497 e. The number of rotatable bonds is 9. The lowest BCUT2D eigenvalue weighted by Crippen LogP contribution is -2.06. The van der Waals surface area contributed by atoms with Crippen molar-refractivity contribution in [1.29, 1.82) is 0 Å². The van der Waals surface area contributed by atoms with Gasteiger partial charge in [-0.15, -0.1) is 0 Å². The van der Waals surface area contributed by atoms with E-state index < -0.39 is 0 Å². The fourth-order valence-electron chi connectivity index (χ4n) is 2.27. The van der Waals surface area contributed by atoms with Crippen LogP contribution in [0.1, 0.15) is 57.4 Å². The molecule has 0 radical (unpaired) electrons. The van der Waals surface area contributed by atoms with Gasteiger partial charge in [0.05, 0.1) is 13.7 Å². The zero-order chi connectivity index (χ0) is 14.8. The number of carbonyl (C=O) groups is 1. The van der Waals surface area contributed by atoms with Gasteiger partial charge in [0, 0.05) is 6.42 Å². The van der Waals surface area contributed by atoms with Gasteiger partial charge in [0.15, 0.2) is 0 Å². The minimum absolute atomic E-state index is 0.0787. The lowest BCUT2D eigenvalue weighted by atomic mass is 9.92. The van der Waals surface area contributed by atoms with Gasteiger partial charge in [-0.05, 0) is 49.3 Å². The Kier molecular flexibility index (Phi) is 7.78. The molecule has 3 nitrogen and oxygen atoms in total.